The van der Waals surface area contributed by atoms with E-state index in [1.165, 1.54) is 64.2 Å². The summed E-state index contributed by atoms with van der Waals surface area (Å²) in [4.78, 5) is 0. The van der Waals surface area contributed by atoms with Crippen molar-refractivity contribution in [1.82, 2.24) is 5.32 Å². The van der Waals surface area contributed by atoms with Crippen molar-refractivity contribution in [3.63, 3.8) is 0 Å². The summed E-state index contributed by atoms with van der Waals surface area (Å²) in [5, 5.41) is 3.95. The van der Waals surface area contributed by atoms with Crippen molar-refractivity contribution in [3.8, 4) is 0 Å². The summed E-state index contributed by atoms with van der Waals surface area (Å²) in [6.07, 6.45) is 14.3. The van der Waals surface area contributed by atoms with Crippen LogP contribution in [0, 0.1) is 11.3 Å². The zero-order chi connectivity index (χ0) is 13.0. The third-order valence-electron chi connectivity index (χ3n) is 5.82. The Morgan fingerprint density at radius 1 is 0.833 bits per heavy atom. The molecule has 0 aromatic heterocycles. The molecule has 2 aliphatic rings. The van der Waals surface area contributed by atoms with Gasteiger partial charge in [0.05, 0.1) is 0 Å². The first-order valence-electron chi connectivity index (χ1n) is 8.38. The maximum absolute atomic E-state index is 3.95. The molecule has 2 rings (SSSR count). The first-order valence-corrected chi connectivity index (χ1v) is 8.38. The SMILES string of the molecule is CCC(C)(C)C1CCC(NC2CCCCC2)CC1. The van der Waals surface area contributed by atoms with Gasteiger partial charge in [-0.25, -0.2) is 0 Å². The van der Waals surface area contributed by atoms with Gasteiger partial charge in [0.25, 0.3) is 0 Å². The molecule has 0 radical (unpaired) electrons. The Kier molecular flexibility index (Phi) is 5.12. The monoisotopic (exact) mass is 251 g/mol. The van der Waals surface area contributed by atoms with E-state index in [9.17, 15) is 0 Å². The van der Waals surface area contributed by atoms with Crippen molar-refractivity contribution in [2.24, 2.45) is 11.3 Å². The lowest BCUT2D eigenvalue weighted by molar-refractivity contribution is 0.131. The minimum atomic E-state index is 0.565. The zero-order valence-electron chi connectivity index (χ0n) is 12.8. The van der Waals surface area contributed by atoms with Crippen molar-refractivity contribution in [3.05, 3.63) is 0 Å². The van der Waals surface area contributed by atoms with Crippen molar-refractivity contribution >= 4 is 0 Å². The molecule has 0 saturated heterocycles. The third-order valence-corrected chi connectivity index (χ3v) is 5.82. The van der Waals surface area contributed by atoms with Crippen LogP contribution in [0.15, 0.2) is 0 Å². The topological polar surface area (TPSA) is 12.0 Å². The third kappa shape index (κ3) is 3.73. The highest BCUT2D eigenvalue weighted by Gasteiger charge is 2.32. The van der Waals surface area contributed by atoms with Crippen LogP contribution < -0.4 is 5.32 Å². The predicted octanol–water partition coefficient (Wildman–Crippen LogP) is 4.90. The molecule has 1 nitrogen and oxygen atoms in total. The highest BCUT2D eigenvalue weighted by Crippen LogP contribution is 2.40. The van der Waals surface area contributed by atoms with Crippen LogP contribution in [0.3, 0.4) is 0 Å². The predicted molar refractivity (Wildman–Crippen MR) is 79.8 cm³/mol. The second-order valence-electron chi connectivity index (χ2n) is 7.39. The first kappa shape index (κ1) is 14.4. The van der Waals surface area contributed by atoms with Crippen LogP contribution in [0.2, 0.25) is 0 Å². The van der Waals surface area contributed by atoms with E-state index in [0.29, 0.717) is 5.41 Å². The van der Waals surface area contributed by atoms with E-state index in [-0.39, 0.29) is 0 Å². The molecule has 0 spiro atoms. The molecule has 2 fully saturated rings. The Bertz CT molecular complexity index is 232. The quantitative estimate of drug-likeness (QED) is 0.749. The lowest BCUT2D eigenvalue weighted by Gasteiger charge is -2.40. The van der Waals surface area contributed by atoms with E-state index >= 15 is 0 Å². The van der Waals surface area contributed by atoms with Gasteiger partial charge in [0.15, 0.2) is 0 Å². The Balaban J connectivity index is 1.73. The van der Waals surface area contributed by atoms with Gasteiger partial charge in [0, 0.05) is 12.1 Å². The molecule has 18 heavy (non-hydrogen) atoms. The van der Waals surface area contributed by atoms with Crippen molar-refractivity contribution in [2.75, 3.05) is 0 Å². The second kappa shape index (κ2) is 6.41. The van der Waals surface area contributed by atoms with Crippen molar-refractivity contribution in [1.29, 1.82) is 0 Å². The van der Waals surface area contributed by atoms with E-state index in [1.54, 1.807) is 0 Å². The Hall–Kier alpha value is -0.0400. The summed E-state index contributed by atoms with van der Waals surface area (Å²) >= 11 is 0. The van der Waals surface area contributed by atoms with Crippen LogP contribution in [-0.4, -0.2) is 12.1 Å². The first-order chi connectivity index (χ1) is 8.62. The molecule has 0 unspecified atom stereocenters. The Morgan fingerprint density at radius 3 is 1.94 bits per heavy atom. The highest BCUT2D eigenvalue weighted by molar-refractivity contribution is 4.86. The average molecular weight is 251 g/mol. The molecule has 1 heteroatoms. The summed E-state index contributed by atoms with van der Waals surface area (Å²) in [5.74, 6) is 0.965. The van der Waals surface area contributed by atoms with Gasteiger partial charge in [-0.3, -0.25) is 0 Å². The van der Waals surface area contributed by atoms with Crippen molar-refractivity contribution < 1.29 is 0 Å². The lowest BCUT2D eigenvalue weighted by atomic mass is 9.69. The van der Waals surface area contributed by atoms with Gasteiger partial charge < -0.3 is 5.32 Å². The summed E-state index contributed by atoms with van der Waals surface area (Å²) in [7, 11) is 0. The molecular formula is C17H33N. The standard InChI is InChI=1S/C17H33N/c1-4-17(2,3)14-10-12-16(13-11-14)18-15-8-6-5-7-9-15/h14-16,18H,4-13H2,1-3H3. The zero-order valence-corrected chi connectivity index (χ0v) is 12.8. The minimum absolute atomic E-state index is 0.565. The largest absolute Gasteiger partial charge is 0.311 e. The van der Waals surface area contributed by atoms with Gasteiger partial charge in [0.2, 0.25) is 0 Å². The van der Waals surface area contributed by atoms with E-state index < -0.39 is 0 Å². The smallest absolute Gasteiger partial charge is 0.00698 e. The van der Waals surface area contributed by atoms with Crippen LogP contribution in [0.25, 0.3) is 0 Å². The highest BCUT2D eigenvalue weighted by atomic mass is 15.0. The van der Waals surface area contributed by atoms with Gasteiger partial charge in [-0.15, -0.1) is 0 Å². The maximum Gasteiger partial charge on any atom is 0.00698 e. The lowest BCUT2D eigenvalue weighted by Crippen LogP contribution is -2.42. The van der Waals surface area contributed by atoms with Gasteiger partial charge in [-0.1, -0.05) is 46.5 Å². The van der Waals surface area contributed by atoms with Gasteiger partial charge in [0.1, 0.15) is 0 Å². The fraction of sp³-hybridized carbons (Fsp3) is 1.00. The summed E-state index contributed by atoms with van der Waals surface area (Å²) in [6.45, 7) is 7.28. The molecule has 0 aromatic carbocycles. The molecule has 0 atom stereocenters. The van der Waals surface area contributed by atoms with Crippen molar-refractivity contribution in [2.45, 2.75) is 97.1 Å². The van der Waals surface area contributed by atoms with Crippen LogP contribution in [0.1, 0.15) is 85.0 Å². The number of nitrogens with one attached hydrogen (secondary N) is 1. The fourth-order valence-electron chi connectivity index (χ4n) is 3.93. The molecule has 2 saturated carbocycles. The Morgan fingerprint density at radius 2 is 1.39 bits per heavy atom. The van der Waals surface area contributed by atoms with E-state index in [4.69, 9.17) is 0 Å². The minimum Gasteiger partial charge on any atom is -0.311 e. The van der Waals surface area contributed by atoms with Crippen LogP contribution in [0.5, 0.6) is 0 Å². The summed E-state index contributed by atoms with van der Waals surface area (Å²) in [6, 6.07) is 1.68. The van der Waals surface area contributed by atoms with E-state index in [1.807, 2.05) is 0 Å². The average Bonchev–Trinajstić information content (AvgIpc) is 2.40. The molecule has 0 bridgehead atoms. The molecule has 106 valence electrons. The molecular weight excluding hydrogens is 218 g/mol. The number of hydrogen-bond donors (Lipinski definition) is 1. The molecule has 0 amide bonds. The van der Waals surface area contributed by atoms with E-state index in [2.05, 4.69) is 26.1 Å². The van der Waals surface area contributed by atoms with Crippen LogP contribution in [0.4, 0.5) is 0 Å². The molecule has 0 heterocycles. The Labute approximate surface area is 114 Å². The normalized spacial score (nSPS) is 31.5. The van der Waals surface area contributed by atoms with Crippen LogP contribution in [-0.2, 0) is 0 Å². The van der Waals surface area contributed by atoms with Gasteiger partial charge in [-0.2, -0.15) is 0 Å². The summed E-state index contributed by atoms with van der Waals surface area (Å²) < 4.78 is 0. The molecule has 1 N–H and O–H groups in total. The number of hydrogen-bond acceptors (Lipinski definition) is 1. The fourth-order valence-corrected chi connectivity index (χ4v) is 3.93. The van der Waals surface area contributed by atoms with E-state index in [0.717, 1.165) is 18.0 Å². The summed E-state index contributed by atoms with van der Waals surface area (Å²) in [5.41, 5.74) is 0.565. The van der Waals surface area contributed by atoms with Gasteiger partial charge in [-0.05, 0) is 49.9 Å². The second-order valence-corrected chi connectivity index (χ2v) is 7.39. The molecule has 0 aromatic rings. The van der Waals surface area contributed by atoms with Gasteiger partial charge >= 0.3 is 0 Å². The molecule has 2 aliphatic carbocycles. The number of rotatable bonds is 4. The van der Waals surface area contributed by atoms with Crippen LogP contribution >= 0.6 is 0 Å². The maximum atomic E-state index is 3.95. The molecule has 0 aliphatic heterocycles.